The molecule has 2 bridgehead atoms. The third kappa shape index (κ3) is 1.56. The van der Waals surface area contributed by atoms with E-state index < -0.39 is 0 Å². The summed E-state index contributed by atoms with van der Waals surface area (Å²) in [5, 5.41) is 4.40. The van der Waals surface area contributed by atoms with Gasteiger partial charge in [-0.2, -0.15) is 0 Å². The maximum Gasteiger partial charge on any atom is 0.274 e. The van der Waals surface area contributed by atoms with E-state index in [0.29, 0.717) is 21.7 Å². The van der Waals surface area contributed by atoms with Gasteiger partial charge in [-0.15, -0.1) is 0 Å². The largest absolute Gasteiger partial charge is 0.294 e. The monoisotopic (exact) mass is 336 g/mol. The van der Waals surface area contributed by atoms with Crippen molar-refractivity contribution in [1.29, 1.82) is 0 Å². The first-order valence-electron chi connectivity index (χ1n) is 7.57. The van der Waals surface area contributed by atoms with Gasteiger partial charge >= 0.3 is 0 Å². The highest BCUT2D eigenvalue weighted by Gasteiger charge is 2.61. The molecule has 1 N–H and O–H groups in total. The number of H-pyrrole nitrogens is 1. The zero-order chi connectivity index (χ0) is 15.9. The lowest BCUT2D eigenvalue weighted by molar-refractivity contribution is 0.224. The minimum absolute atomic E-state index is 0.0276. The number of fused-ring (bicyclic) bond motifs is 5. The second kappa shape index (κ2) is 4.21. The van der Waals surface area contributed by atoms with Gasteiger partial charge in [0.05, 0.1) is 5.69 Å². The van der Waals surface area contributed by atoms with Crippen LogP contribution < -0.4 is 5.56 Å². The molecule has 116 valence electrons. The van der Waals surface area contributed by atoms with Crippen molar-refractivity contribution in [1.82, 2.24) is 9.78 Å². The fraction of sp³-hybridized carbons (Fsp3) is 0.471. The van der Waals surface area contributed by atoms with E-state index in [4.69, 9.17) is 23.2 Å². The predicted octanol–water partition coefficient (Wildman–Crippen LogP) is 4.65. The highest BCUT2D eigenvalue weighted by molar-refractivity contribution is 6.34. The molecule has 2 aromatic rings. The molecule has 0 aliphatic heterocycles. The van der Waals surface area contributed by atoms with Crippen molar-refractivity contribution < 1.29 is 0 Å². The van der Waals surface area contributed by atoms with Gasteiger partial charge in [0, 0.05) is 26.7 Å². The number of aromatic nitrogens is 2. The lowest BCUT2D eigenvalue weighted by Gasteiger charge is -2.34. The van der Waals surface area contributed by atoms with Crippen LogP contribution in [0, 0.1) is 5.41 Å². The van der Waals surface area contributed by atoms with Crippen molar-refractivity contribution in [2.75, 3.05) is 0 Å². The molecule has 0 radical (unpaired) electrons. The van der Waals surface area contributed by atoms with E-state index >= 15 is 0 Å². The zero-order valence-corrected chi connectivity index (χ0v) is 14.3. The first kappa shape index (κ1) is 14.4. The molecule has 1 heterocycles. The number of halogens is 2. The minimum Gasteiger partial charge on any atom is -0.294 e. The molecule has 0 unspecified atom stereocenters. The van der Waals surface area contributed by atoms with E-state index in [1.54, 1.807) is 22.9 Å². The normalized spacial score (nSPS) is 28.1. The molecular formula is C17H18Cl2N2O. The average molecular weight is 337 g/mol. The maximum atomic E-state index is 12.9. The number of nitrogens with one attached hydrogen (secondary N) is 1. The molecule has 0 spiro atoms. The van der Waals surface area contributed by atoms with E-state index in [1.807, 2.05) is 0 Å². The summed E-state index contributed by atoms with van der Waals surface area (Å²) >= 11 is 12.2. The summed E-state index contributed by atoms with van der Waals surface area (Å²) in [6.07, 6.45) is 2.20. The van der Waals surface area contributed by atoms with Crippen LogP contribution in [0.4, 0.5) is 0 Å². The highest BCUT2D eigenvalue weighted by Crippen LogP contribution is 2.66. The lowest BCUT2D eigenvalue weighted by atomic mass is 9.70. The summed E-state index contributed by atoms with van der Waals surface area (Å²) in [4.78, 5) is 12.9. The first-order valence-corrected chi connectivity index (χ1v) is 8.33. The van der Waals surface area contributed by atoms with Crippen LogP contribution in [0.2, 0.25) is 10.0 Å². The molecule has 1 fully saturated rings. The van der Waals surface area contributed by atoms with E-state index in [-0.39, 0.29) is 16.4 Å². The highest BCUT2D eigenvalue weighted by atomic mass is 35.5. The molecule has 1 aromatic carbocycles. The Morgan fingerprint density at radius 1 is 1.18 bits per heavy atom. The third-order valence-corrected chi connectivity index (χ3v) is 6.59. The Labute approximate surface area is 139 Å². The van der Waals surface area contributed by atoms with Crippen molar-refractivity contribution in [2.45, 2.75) is 44.9 Å². The van der Waals surface area contributed by atoms with Crippen LogP contribution in [-0.4, -0.2) is 9.78 Å². The Hall–Kier alpha value is -1.19. The van der Waals surface area contributed by atoms with Gasteiger partial charge in [-0.25, -0.2) is 4.68 Å². The molecule has 1 saturated carbocycles. The van der Waals surface area contributed by atoms with Crippen LogP contribution in [0.15, 0.2) is 23.0 Å². The van der Waals surface area contributed by atoms with Gasteiger partial charge in [0.1, 0.15) is 0 Å². The maximum absolute atomic E-state index is 12.9. The molecule has 4 rings (SSSR count). The molecule has 2 atom stereocenters. The number of aromatic amines is 1. The molecular weight excluding hydrogens is 319 g/mol. The summed E-state index contributed by atoms with van der Waals surface area (Å²) in [5.41, 5.74) is 2.93. The fourth-order valence-corrected chi connectivity index (χ4v) is 5.01. The fourth-order valence-electron chi connectivity index (χ4n) is 4.50. The van der Waals surface area contributed by atoms with E-state index in [0.717, 1.165) is 24.1 Å². The van der Waals surface area contributed by atoms with Gasteiger partial charge in [-0.3, -0.25) is 9.89 Å². The van der Waals surface area contributed by atoms with Gasteiger partial charge < -0.3 is 0 Å². The Morgan fingerprint density at radius 2 is 1.82 bits per heavy atom. The number of benzene rings is 1. The van der Waals surface area contributed by atoms with Gasteiger partial charge in [0.2, 0.25) is 0 Å². The summed E-state index contributed by atoms with van der Waals surface area (Å²) in [7, 11) is 0. The smallest absolute Gasteiger partial charge is 0.274 e. The molecule has 22 heavy (non-hydrogen) atoms. The standard InChI is InChI=1S/C17H18Cl2N2O/c1-16(2)12-4-5-17(16,3)14-13(12)15(22)21(20-14)11-7-9(18)6-10(19)8-11/h6-8,12,20H,4-5H2,1-3H3/t12-,17+/m1/s1. The van der Waals surface area contributed by atoms with Crippen molar-refractivity contribution in [3.05, 3.63) is 49.9 Å². The zero-order valence-electron chi connectivity index (χ0n) is 12.8. The number of rotatable bonds is 1. The summed E-state index contributed by atoms with van der Waals surface area (Å²) in [5.74, 6) is 0.326. The average Bonchev–Trinajstić information content (AvgIpc) is 2.92. The molecule has 3 nitrogen and oxygen atoms in total. The van der Waals surface area contributed by atoms with Crippen LogP contribution in [0.1, 0.15) is 50.8 Å². The van der Waals surface area contributed by atoms with Gasteiger partial charge in [0.15, 0.2) is 0 Å². The second-order valence-corrected chi connectivity index (χ2v) is 8.19. The topological polar surface area (TPSA) is 37.8 Å². The Balaban J connectivity index is 1.95. The Morgan fingerprint density at radius 3 is 2.41 bits per heavy atom. The minimum atomic E-state index is 0.0276. The molecule has 2 aliphatic rings. The van der Waals surface area contributed by atoms with Crippen LogP contribution >= 0.6 is 23.2 Å². The Kier molecular flexibility index (Phi) is 2.76. The van der Waals surface area contributed by atoms with Crippen LogP contribution in [-0.2, 0) is 5.41 Å². The lowest BCUT2D eigenvalue weighted by Crippen LogP contribution is -2.33. The van der Waals surface area contributed by atoms with E-state index in [1.165, 1.54) is 0 Å². The molecule has 1 aromatic heterocycles. The van der Waals surface area contributed by atoms with Gasteiger partial charge in [-0.1, -0.05) is 44.0 Å². The van der Waals surface area contributed by atoms with Crippen molar-refractivity contribution in [3.8, 4) is 5.69 Å². The summed E-state index contributed by atoms with van der Waals surface area (Å²) in [6, 6.07) is 5.19. The molecule has 2 aliphatic carbocycles. The predicted molar refractivity (Wildman–Crippen MR) is 89.5 cm³/mol. The molecule has 0 saturated heterocycles. The first-order chi connectivity index (χ1) is 10.3. The third-order valence-electron chi connectivity index (χ3n) is 6.16. The Bertz CT molecular complexity index is 829. The van der Waals surface area contributed by atoms with Crippen LogP contribution in [0.5, 0.6) is 0 Å². The van der Waals surface area contributed by atoms with Crippen LogP contribution in [0.25, 0.3) is 5.69 Å². The van der Waals surface area contributed by atoms with Crippen molar-refractivity contribution in [3.63, 3.8) is 0 Å². The second-order valence-electron chi connectivity index (χ2n) is 7.31. The summed E-state index contributed by atoms with van der Waals surface area (Å²) in [6.45, 7) is 6.82. The molecule has 5 heteroatoms. The number of hydrogen-bond acceptors (Lipinski definition) is 1. The number of hydrogen-bond donors (Lipinski definition) is 1. The quantitative estimate of drug-likeness (QED) is 0.808. The van der Waals surface area contributed by atoms with Gasteiger partial charge in [-0.05, 0) is 42.4 Å². The van der Waals surface area contributed by atoms with Crippen LogP contribution in [0.3, 0.4) is 0 Å². The van der Waals surface area contributed by atoms with E-state index in [9.17, 15) is 4.79 Å². The van der Waals surface area contributed by atoms with E-state index in [2.05, 4.69) is 25.9 Å². The van der Waals surface area contributed by atoms with Gasteiger partial charge in [0.25, 0.3) is 5.56 Å². The summed E-state index contributed by atoms with van der Waals surface area (Å²) < 4.78 is 1.59. The molecule has 0 amide bonds. The SMILES string of the molecule is CC1(C)[C@@H]2CC[C@@]1(C)c1[nH]n(-c3cc(Cl)cc(Cl)c3)c(=O)c12. The number of nitrogens with zero attached hydrogens (tertiary/aromatic N) is 1. The van der Waals surface area contributed by atoms with Crippen molar-refractivity contribution in [2.24, 2.45) is 5.41 Å². The van der Waals surface area contributed by atoms with Crippen molar-refractivity contribution >= 4 is 23.2 Å².